The van der Waals surface area contributed by atoms with Gasteiger partial charge in [0.2, 0.25) is 0 Å². The Hall–Kier alpha value is -3.02. The van der Waals surface area contributed by atoms with Crippen molar-refractivity contribution in [2.24, 2.45) is 5.73 Å². The van der Waals surface area contributed by atoms with E-state index in [-0.39, 0.29) is 0 Å². The van der Waals surface area contributed by atoms with E-state index in [1.807, 2.05) is 12.1 Å². The molecule has 0 amide bonds. The Morgan fingerprint density at radius 3 is 2.42 bits per heavy atom. The molecule has 3 rings (SSSR count). The fourth-order valence-electron chi connectivity index (χ4n) is 3.39. The minimum atomic E-state index is 0.583. The van der Waals surface area contributed by atoms with E-state index in [2.05, 4.69) is 17.0 Å². The van der Waals surface area contributed by atoms with E-state index in [0.29, 0.717) is 17.2 Å². The Balaban J connectivity index is 2.07. The Bertz CT molecular complexity index is 833. The predicted molar refractivity (Wildman–Crippen MR) is 105 cm³/mol. The van der Waals surface area contributed by atoms with Gasteiger partial charge in [-0.1, -0.05) is 0 Å². The number of fused-ring (bicyclic) bond motifs is 1. The molecular formula is C20H25N3O3. The maximum atomic E-state index is 6.29. The highest BCUT2D eigenvalue weighted by atomic mass is 16.5. The number of hydrogen-bond acceptors (Lipinski definition) is 6. The summed E-state index contributed by atoms with van der Waals surface area (Å²) in [5.74, 6) is 2.06. The molecule has 0 bridgehead atoms. The van der Waals surface area contributed by atoms with Gasteiger partial charge in [0.05, 0.1) is 27.0 Å². The summed E-state index contributed by atoms with van der Waals surface area (Å²) in [6.45, 7) is 0.857. The molecule has 138 valence electrons. The van der Waals surface area contributed by atoms with Gasteiger partial charge in [0.25, 0.3) is 0 Å². The molecule has 0 unspecified atom stereocenters. The molecule has 0 radical (unpaired) electrons. The molecule has 1 aliphatic rings. The van der Waals surface area contributed by atoms with Crippen molar-refractivity contribution < 1.29 is 14.2 Å². The van der Waals surface area contributed by atoms with Gasteiger partial charge in [0, 0.05) is 35.7 Å². The second-order valence-corrected chi connectivity index (χ2v) is 6.10. The molecule has 0 aromatic heterocycles. The standard InChI is InChI=1S/C20H25N3O3/c1-24-14-6-7-17-13(9-14)5-4-8-23(17)18(12-21)15-10-19(25-2)20(26-3)11-16(15)22/h6-7,9-12H,4-5,8,21-22H2,1-3H3/b18-12+. The van der Waals surface area contributed by atoms with Crippen molar-refractivity contribution in [1.82, 2.24) is 0 Å². The molecule has 1 aliphatic heterocycles. The van der Waals surface area contributed by atoms with Crippen LogP contribution >= 0.6 is 0 Å². The number of nitrogen functional groups attached to an aromatic ring is 1. The van der Waals surface area contributed by atoms with Crippen LogP contribution in [0.5, 0.6) is 17.2 Å². The van der Waals surface area contributed by atoms with Crippen LogP contribution in [0.2, 0.25) is 0 Å². The molecule has 0 saturated carbocycles. The van der Waals surface area contributed by atoms with Gasteiger partial charge >= 0.3 is 0 Å². The molecule has 26 heavy (non-hydrogen) atoms. The van der Waals surface area contributed by atoms with E-state index >= 15 is 0 Å². The van der Waals surface area contributed by atoms with Gasteiger partial charge in [-0.3, -0.25) is 0 Å². The number of hydrogen-bond donors (Lipinski definition) is 2. The van der Waals surface area contributed by atoms with Gasteiger partial charge in [-0.2, -0.15) is 0 Å². The van der Waals surface area contributed by atoms with Crippen LogP contribution in [0.25, 0.3) is 5.70 Å². The third-order valence-corrected chi connectivity index (χ3v) is 4.69. The van der Waals surface area contributed by atoms with Crippen LogP contribution in [0.4, 0.5) is 11.4 Å². The first-order valence-corrected chi connectivity index (χ1v) is 8.51. The summed E-state index contributed by atoms with van der Waals surface area (Å²) in [4.78, 5) is 2.19. The Morgan fingerprint density at radius 1 is 1.04 bits per heavy atom. The summed E-state index contributed by atoms with van der Waals surface area (Å²) in [5.41, 5.74) is 16.9. The first-order chi connectivity index (χ1) is 12.6. The second-order valence-electron chi connectivity index (χ2n) is 6.10. The number of methoxy groups -OCH3 is 3. The summed E-state index contributed by atoms with van der Waals surface area (Å²) in [6.07, 6.45) is 3.62. The maximum absolute atomic E-state index is 6.29. The molecule has 2 aromatic carbocycles. The molecular weight excluding hydrogens is 330 g/mol. The third kappa shape index (κ3) is 3.10. The quantitative estimate of drug-likeness (QED) is 0.802. The first kappa shape index (κ1) is 17.8. The van der Waals surface area contributed by atoms with Gasteiger partial charge in [-0.05, 0) is 42.7 Å². The number of benzene rings is 2. The zero-order valence-corrected chi connectivity index (χ0v) is 15.4. The summed E-state index contributed by atoms with van der Waals surface area (Å²) in [7, 11) is 4.87. The number of aryl methyl sites for hydroxylation is 1. The Morgan fingerprint density at radius 2 is 1.77 bits per heavy atom. The summed E-state index contributed by atoms with van der Waals surface area (Å²) in [5, 5.41) is 0. The minimum absolute atomic E-state index is 0.583. The fourth-order valence-corrected chi connectivity index (χ4v) is 3.39. The van der Waals surface area contributed by atoms with Crippen molar-refractivity contribution >= 4 is 17.1 Å². The van der Waals surface area contributed by atoms with Gasteiger partial charge < -0.3 is 30.6 Å². The predicted octanol–water partition coefficient (Wildman–Crippen LogP) is 3.00. The smallest absolute Gasteiger partial charge is 0.162 e. The highest BCUT2D eigenvalue weighted by Crippen LogP contribution is 2.40. The number of nitrogens with two attached hydrogens (primary N) is 2. The highest BCUT2D eigenvalue weighted by molar-refractivity contribution is 5.87. The lowest BCUT2D eigenvalue weighted by atomic mass is 9.98. The van der Waals surface area contributed by atoms with Gasteiger partial charge in [0.15, 0.2) is 11.5 Å². The lowest BCUT2D eigenvalue weighted by Crippen LogP contribution is -2.29. The highest BCUT2D eigenvalue weighted by Gasteiger charge is 2.23. The van der Waals surface area contributed by atoms with Crippen molar-refractivity contribution in [3.8, 4) is 17.2 Å². The van der Waals surface area contributed by atoms with Gasteiger partial charge in [-0.15, -0.1) is 0 Å². The average Bonchev–Trinajstić information content (AvgIpc) is 2.68. The molecule has 0 saturated heterocycles. The van der Waals surface area contributed by atoms with Crippen molar-refractivity contribution in [2.45, 2.75) is 12.8 Å². The molecule has 0 spiro atoms. The maximum Gasteiger partial charge on any atom is 0.162 e. The van der Waals surface area contributed by atoms with Crippen LogP contribution in [-0.4, -0.2) is 27.9 Å². The van der Waals surface area contributed by atoms with Crippen LogP contribution in [0.3, 0.4) is 0 Å². The third-order valence-electron chi connectivity index (χ3n) is 4.69. The Kier molecular flexibility index (Phi) is 5.11. The van der Waals surface area contributed by atoms with Crippen LogP contribution in [0.1, 0.15) is 17.5 Å². The van der Waals surface area contributed by atoms with E-state index < -0.39 is 0 Å². The molecule has 6 nitrogen and oxygen atoms in total. The number of rotatable bonds is 5. The summed E-state index contributed by atoms with van der Waals surface area (Å²) in [6, 6.07) is 9.73. The van der Waals surface area contributed by atoms with E-state index in [1.165, 1.54) is 5.56 Å². The van der Waals surface area contributed by atoms with Crippen LogP contribution < -0.4 is 30.6 Å². The van der Waals surface area contributed by atoms with Crippen molar-refractivity contribution in [2.75, 3.05) is 38.5 Å². The molecule has 0 fully saturated rings. The largest absolute Gasteiger partial charge is 0.497 e. The average molecular weight is 355 g/mol. The monoisotopic (exact) mass is 355 g/mol. The fraction of sp³-hybridized carbons (Fsp3) is 0.300. The van der Waals surface area contributed by atoms with Crippen LogP contribution in [-0.2, 0) is 6.42 Å². The lowest BCUT2D eigenvalue weighted by Gasteiger charge is -2.34. The van der Waals surface area contributed by atoms with Crippen molar-refractivity contribution in [3.05, 3.63) is 47.7 Å². The minimum Gasteiger partial charge on any atom is -0.497 e. The van der Waals surface area contributed by atoms with Crippen LogP contribution in [0.15, 0.2) is 36.5 Å². The van der Waals surface area contributed by atoms with Crippen molar-refractivity contribution in [1.29, 1.82) is 0 Å². The normalized spacial score (nSPS) is 14.0. The zero-order chi connectivity index (χ0) is 18.7. The topological polar surface area (TPSA) is 83.0 Å². The zero-order valence-electron chi connectivity index (χ0n) is 15.4. The van der Waals surface area contributed by atoms with E-state index in [1.54, 1.807) is 33.6 Å². The van der Waals surface area contributed by atoms with E-state index in [0.717, 1.165) is 42.1 Å². The Labute approximate surface area is 153 Å². The molecule has 0 atom stereocenters. The molecule has 2 aromatic rings. The van der Waals surface area contributed by atoms with Crippen molar-refractivity contribution in [3.63, 3.8) is 0 Å². The number of nitrogens with zero attached hydrogens (tertiary/aromatic N) is 1. The first-order valence-electron chi connectivity index (χ1n) is 8.51. The molecule has 4 N–H and O–H groups in total. The van der Waals surface area contributed by atoms with Crippen LogP contribution in [0, 0.1) is 0 Å². The number of anilines is 2. The molecule has 6 heteroatoms. The van der Waals surface area contributed by atoms with E-state index in [4.69, 9.17) is 25.7 Å². The SMILES string of the molecule is COc1ccc2c(c1)CCCN2/C(=C/N)c1cc(OC)c(OC)cc1N. The van der Waals surface area contributed by atoms with Gasteiger partial charge in [0.1, 0.15) is 5.75 Å². The lowest BCUT2D eigenvalue weighted by molar-refractivity contribution is 0.355. The van der Waals surface area contributed by atoms with E-state index in [9.17, 15) is 0 Å². The number of ether oxygens (including phenoxy) is 3. The van der Waals surface area contributed by atoms with Gasteiger partial charge in [-0.25, -0.2) is 0 Å². The summed E-state index contributed by atoms with van der Waals surface area (Å²) >= 11 is 0. The molecule has 0 aliphatic carbocycles. The summed E-state index contributed by atoms with van der Waals surface area (Å²) < 4.78 is 16.1. The second kappa shape index (κ2) is 7.47. The molecule has 1 heterocycles.